The molecule has 1 aliphatic carbocycles. The van der Waals surface area contributed by atoms with Crippen molar-refractivity contribution in [1.82, 2.24) is 24.7 Å². The highest BCUT2D eigenvalue weighted by atomic mass is 32.2. The SMILES string of the molecule is CN[C@@H]1CCCC12CCN(c1ncc(Sc3cncc4ccccc34)c3nccn13)CC2. The Labute approximate surface area is 192 Å². The first-order chi connectivity index (χ1) is 15.8. The maximum atomic E-state index is 4.93. The van der Waals surface area contributed by atoms with Gasteiger partial charge in [0.05, 0.1) is 4.90 Å². The number of fused-ring (bicyclic) bond motifs is 2. The minimum atomic E-state index is 0.469. The zero-order chi connectivity index (χ0) is 21.5. The van der Waals surface area contributed by atoms with Crippen LogP contribution in [0, 0.1) is 5.41 Å². The number of imidazole rings is 1. The van der Waals surface area contributed by atoms with Crippen molar-refractivity contribution in [1.29, 1.82) is 0 Å². The van der Waals surface area contributed by atoms with Gasteiger partial charge in [-0.15, -0.1) is 0 Å². The number of anilines is 1. The van der Waals surface area contributed by atoms with E-state index in [2.05, 4.69) is 50.9 Å². The molecule has 0 radical (unpaired) electrons. The maximum Gasteiger partial charge on any atom is 0.211 e. The molecule has 0 amide bonds. The van der Waals surface area contributed by atoms with Gasteiger partial charge in [-0.25, -0.2) is 9.97 Å². The van der Waals surface area contributed by atoms with Crippen LogP contribution in [0.1, 0.15) is 32.1 Å². The molecule has 1 aliphatic heterocycles. The first-order valence-electron chi connectivity index (χ1n) is 11.5. The summed E-state index contributed by atoms with van der Waals surface area (Å²) >= 11 is 1.69. The molecule has 2 aliphatic rings. The molecule has 6 nitrogen and oxygen atoms in total. The summed E-state index contributed by atoms with van der Waals surface area (Å²) in [6.07, 6.45) is 16.2. The van der Waals surface area contributed by atoms with Crippen LogP contribution in [-0.2, 0) is 0 Å². The monoisotopic (exact) mass is 444 g/mol. The molecule has 164 valence electrons. The number of pyridine rings is 1. The van der Waals surface area contributed by atoms with E-state index in [1.165, 1.54) is 37.5 Å². The number of hydrogen-bond donors (Lipinski definition) is 1. The van der Waals surface area contributed by atoms with Crippen molar-refractivity contribution in [2.45, 2.75) is 47.9 Å². The number of benzene rings is 1. The first-order valence-corrected chi connectivity index (χ1v) is 12.3. The fraction of sp³-hybridized carbons (Fsp3) is 0.400. The molecule has 1 N–H and O–H groups in total. The third-order valence-corrected chi connectivity index (χ3v) is 8.58. The lowest BCUT2D eigenvalue weighted by Crippen LogP contribution is -2.48. The second kappa shape index (κ2) is 8.05. The molecule has 1 atom stereocenters. The molecule has 1 aromatic carbocycles. The number of rotatable bonds is 4. The Morgan fingerprint density at radius 3 is 2.78 bits per heavy atom. The topological polar surface area (TPSA) is 58.3 Å². The van der Waals surface area contributed by atoms with Crippen LogP contribution in [0.25, 0.3) is 16.4 Å². The van der Waals surface area contributed by atoms with Gasteiger partial charge in [-0.3, -0.25) is 9.38 Å². The predicted octanol–water partition coefficient (Wildman–Crippen LogP) is 4.79. The molecule has 32 heavy (non-hydrogen) atoms. The molecule has 1 saturated carbocycles. The Morgan fingerprint density at radius 1 is 1.03 bits per heavy atom. The van der Waals surface area contributed by atoms with Crippen molar-refractivity contribution < 1.29 is 0 Å². The lowest BCUT2D eigenvalue weighted by Gasteiger charge is -2.43. The third kappa shape index (κ3) is 3.26. The van der Waals surface area contributed by atoms with Gasteiger partial charge in [0.25, 0.3) is 0 Å². The second-order valence-corrected chi connectivity index (χ2v) is 10.2. The van der Waals surface area contributed by atoms with Gasteiger partial charge in [0.15, 0.2) is 5.65 Å². The Kier molecular flexibility index (Phi) is 5.03. The van der Waals surface area contributed by atoms with Gasteiger partial charge in [0.1, 0.15) is 0 Å². The molecule has 1 saturated heterocycles. The average Bonchev–Trinajstić information content (AvgIpc) is 3.48. The van der Waals surface area contributed by atoms with Crippen molar-refractivity contribution in [2.75, 3.05) is 25.0 Å². The van der Waals surface area contributed by atoms with Crippen LogP contribution in [0.3, 0.4) is 0 Å². The van der Waals surface area contributed by atoms with Crippen LogP contribution in [0.5, 0.6) is 0 Å². The van der Waals surface area contributed by atoms with Crippen LogP contribution in [0.4, 0.5) is 5.95 Å². The molecular weight excluding hydrogens is 416 g/mol. The maximum absolute atomic E-state index is 4.93. The van der Waals surface area contributed by atoms with E-state index in [-0.39, 0.29) is 0 Å². The van der Waals surface area contributed by atoms with Gasteiger partial charge in [0, 0.05) is 60.4 Å². The molecule has 2 fully saturated rings. The summed E-state index contributed by atoms with van der Waals surface area (Å²) in [6.45, 7) is 2.11. The van der Waals surface area contributed by atoms with E-state index in [0.717, 1.165) is 39.9 Å². The summed E-state index contributed by atoms with van der Waals surface area (Å²) in [5.74, 6) is 1.01. The smallest absolute Gasteiger partial charge is 0.211 e. The highest BCUT2D eigenvalue weighted by Gasteiger charge is 2.44. The minimum absolute atomic E-state index is 0.469. The molecule has 3 aromatic heterocycles. The summed E-state index contributed by atoms with van der Waals surface area (Å²) in [5.41, 5.74) is 1.43. The van der Waals surface area contributed by atoms with Gasteiger partial charge < -0.3 is 10.2 Å². The summed E-state index contributed by atoms with van der Waals surface area (Å²) in [4.78, 5) is 18.7. The standard InChI is InChI=1S/C25H28N6S/c1-26-22-7-4-8-25(22)9-12-30(13-10-25)24-29-17-21(23-28-11-14-31(23)24)32-20-16-27-15-18-5-2-3-6-19(18)20/h2-3,5-6,11,14-17,22,26H,4,7-10,12-13H2,1H3/t22-/m1/s1. The number of nitrogens with one attached hydrogen (secondary N) is 1. The van der Waals surface area contributed by atoms with Crippen LogP contribution in [0.2, 0.25) is 0 Å². The summed E-state index contributed by atoms with van der Waals surface area (Å²) in [7, 11) is 2.13. The third-order valence-electron chi connectivity index (χ3n) is 7.52. The minimum Gasteiger partial charge on any atom is -0.342 e. The van der Waals surface area contributed by atoms with E-state index >= 15 is 0 Å². The Bertz CT molecular complexity index is 1250. The first kappa shape index (κ1) is 20.0. The van der Waals surface area contributed by atoms with Crippen LogP contribution in [0.15, 0.2) is 65.0 Å². The summed E-state index contributed by atoms with van der Waals surface area (Å²) < 4.78 is 2.16. The van der Waals surface area contributed by atoms with Crippen molar-refractivity contribution in [2.24, 2.45) is 5.41 Å². The molecule has 0 bridgehead atoms. The Balaban J connectivity index is 1.29. The number of hydrogen-bond acceptors (Lipinski definition) is 6. The molecule has 4 heterocycles. The molecule has 1 spiro atoms. The van der Waals surface area contributed by atoms with Crippen molar-refractivity contribution in [3.05, 3.63) is 55.2 Å². The van der Waals surface area contributed by atoms with Crippen molar-refractivity contribution >= 4 is 34.1 Å². The van der Waals surface area contributed by atoms with Gasteiger partial charge >= 0.3 is 0 Å². The van der Waals surface area contributed by atoms with E-state index in [1.54, 1.807) is 11.8 Å². The quantitative estimate of drug-likeness (QED) is 0.489. The van der Waals surface area contributed by atoms with Gasteiger partial charge in [0.2, 0.25) is 5.95 Å². The zero-order valence-corrected chi connectivity index (χ0v) is 19.2. The fourth-order valence-corrected chi connectivity index (χ4v) is 6.81. The predicted molar refractivity (Wildman–Crippen MR) is 129 cm³/mol. The summed E-state index contributed by atoms with van der Waals surface area (Å²) in [6, 6.07) is 9.04. The van der Waals surface area contributed by atoms with Crippen molar-refractivity contribution in [3.63, 3.8) is 0 Å². The largest absolute Gasteiger partial charge is 0.342 e. The zero-order valence-electron chi connectivity index (χ0n) is 18.4. The molecule has 6 rings (SSSR count). The summed E-state index contributed by atoms with van der Waals surface area (Å²) in [5, 5.41) is 5.95. The van der Waals surface area contributed by atoms with Crippen LogP contribution >= 0.6 is 11.8 Å². The Hall–Kier alpha value is -2.64. The number of nitrogens with zero attached hydrogens (tertiary/aromatic N) is 5. The lowest BCUT2D eigenvalue weighted by molar-refractivity contribution is 0.177. The normalized spacial score (nSPS) is 20.5. The molecule has 0 unspecified atom stereocenters. The lowest BCUT2D eigenvalue weighted by atomic mass is 9.74. The second-order valence-electron chi connectivity index (χ2n) is 9.09. The van der Waals surface area contributed by atoms with Gasteiger partial charge in [-0.2, -0.15) is 0 Å². The highest BCUT2D eigenvalue weighted by molar-refractivity contribution is 7.99. The highest BCUT2D eigenvalue weighted by Crippen LogP contribution is 2.47. The van der Waals surface area contributed by atoms with Crippen LogP contribution < -0.4 is 10.2 Å². The van der Waals surface area contributed by atoms with E-state index in [4.69, 9.17) is 9.97 Å². The molecule has 7 heteroatoms. The van der Waals surface area contributed by atoms with E-state index in [1.807, 2.05) is 31.0 Å². The molecule has 4 aromatic rings. The Morgan fingerprint density at radius 2 is 1.91 bits per heavy atom. The van der Waals surface area contributed by atoms with Crippen molar-refractivity contribution in [3.8, 4) is 0 Å². The number of aromatic nitrogens is 4. The van der Waals surface area contributed by atoms with E-state index in [9.17, 15) is 0 Å². The van der Waals surface area contributed by atoms with Gasteiger partial charge in [-0.05, 0) is 43.5 Å². The van der Waals surface area contributed by atoms with E-state index in [0.29, 0.717) is 11.5 Å². The fourth-order valence-electron chi connectivity index (χ4n) is 5.82. The van der Waals surface area contributed by atoms with E-state index < -0.39 is 0 Å². The van der Waals surface area contributed by atoms with Crippen LogP contribution in [-0.4, -0.2) is 45.5 Å². The number of piperidine rings is 1. The molecular formula is C25H28N6S. The average molecular weight is 445 g/mol. The van der Waals surface area contributed by atoms with Gasteiger partial charge in [-0.1, -0.05) is 42.4 Å².